The third-order valence-corrected chi connectivity index (χ3v) is 8.38. The summed E-state index contributed by atoms with van der Waals surface area (Å²) < 4.78 is 5.28. The number of amides is 2. The maximum atomic E-state index is 13.6. The van der Waals surface area contributed by atoms with E-state index < -0.39 is 47.1 Å². The van der Waals surface area contributed by atoms with E-state index in [2.05, 4.69) is 15.8 Å². The Labute approximate surface area is 277 Å². The van der Waals surface area contributed by atoms with Gasteiger partial charge in [0.1, 0.15) is 22.9 Å². The van der Waals surface area contributed by atoms with Gasteiger partial charge in [0, 0.05) is 5.38 Å². The van der Waals surface area contributed by atoms with Crippen LogP contribution in [0.4, 0.5) is 5.13 Å². The van der Waals surface area contributed by atoms with Crippen LogP contribution in [0.1, 0.15) is 57.0 Å². The lowest BCUT2D eigenvalue weighted by Crippen LogP contribution is -2.75. The zero-order chi connectivity index (χ0) is 33.8. The van der Waals surface area contributed by atoms with Crippen LogP contribution in [0.15, 0.2) is 102 Å². The highest BCUT2D eigenvalue weighted by atomic mass is 32.1. The Morgan fingerprint density at radius 1 is 0.936 bits per heavy atom. The number of oxime groups is 1. The predicted molar refractivity (Wildman–Crippen MR) is 178 cm³/mol. The Kier molecular flexibility index (Phi) is 9.45. The molecule has 1 saturated heterocycles. The van der Waals surface area contributed by atoms with Crippen LogP contribution in [0.5, 0.6) is 0 Å². The molecule has 3 N–H and O–H groups in total. The molecule has 1 fully saturated rings. The van der Waals surface area contributed by atoms with Crippen LogP contribution in [-0.2, 0) is 29.5 Å². The maximum absolute atomic E-state index is 13.6. The summed E-state index contributed by atoms with van der Waals surface area (Å²) in [6.07, 6.45) is 0. The summed E-state index contributed by atoms with van der Waals surface area (Å²) >= 11 is 1.25. The minimum atomic E-state index is -1.05. The minimum Gasteiger partial charge on any atom is -0.457 e. The zero-order valence-electron chi connectivity index (χ0n) is 26.8. The Hall–Kier alpha value is -5.07. The molecule has 1 aliphatic rings. The maximum Gasteiger partial charge on any atom is 0.347 e. The molecule has 11 nitrogen and oxygen atoms in total. The fourth-order valence-electron chi connectivity index (χ4n) is 5.31. The molecule has 47 heavy (non-hydrogen) atoms. The van der Waals surface area contributed by atoms with Crippen molar-refractivity contribution < 1.29 is 29.2 Å². The third-order valence-electron chi connectivity index (χ3n) is 7.62. The lowest BCUT2D eigenvalue weighted by atomic mass is 9.77. The number of esters is 1. The molecule has 0 unspecified atom stereocenters. The summed E-state index contributed by atoms with van der Waals surface area (Å²) in [5.41, 5.74) is 0.0932. The second-order valence-corrected chi connectivity index (χ2v) is 13.4. The molecule has 0 saturated carbocycles. The number of nitrogens with one attached hydrogen (secondary N) is 2. The number of anilines is 1. The number of carbonyl (C=O) groups is 3. The number of rotatable bonds is 11. The van der Waals surface area contributed by atoms with Crippen LogP contribution in [0.2, 0.25) is 0 Å². The van der Waals surface area contributed by atoms with Gasteiger partial charge >= 0.3 is 5.97 Å². The molecule has 2 amide bonds. The summed E-state index contributed by atoms with van der Waals surface area (Å²) in [4.78, 5) is 48.3. The topological polar surface area (TPSA) is 142 Å². The Morgan fingerprint density at radius 3 is 1.91 bits per heavy atom. The largest absolute Gasteiger partial charge is 0.457 e. The van der Waals surface area contributed by atoms with Crippen LogP contribution in [0, 0.1) is 0 Å². The average Bonchev–Trinajstić information content (AvgIpc) is 3.52. The van der Waals surface area contributed by atoms with Crippen LogP contribution in [0.3, 0.4) is 0 Å². The molecule has 1 aliphatic heterocycles. The van der Waals surface area contributed by atoms with Gasteiger partial charge in [-0.05, 0) is 51.3 Å². The van der Waals surface area contributed by atoms with E-state index >= 15 is 0 Å². The number of ether oxygens (including phenoxy) is 1. The summed E-state index contributed by atoms with van der Waals surface area (Å²) in [5, 5.41) is 22.9. The van der Waals surface area contributed by atoms with E-state index in [4.69, 9.17) is 14.6 Å². The molecular weight excluding hydrogens is 618 g/mol. The molecule has 244 valence electrons. The van der Waals surface area contributed by atoms with Crippen molar-refractivity contribution in [2.45, 2.75) is 57.3 Å². The van der Waals surface area contributed by atoms with E-state index in [1.54, 1.807) is 40.0 Å². The molecule has 12 heteroatoms. The van der Waals surface area contributed by atoms with Crippen molar-refractivity contribution in [1.29, 1.82) is 0 Å². The van der Waals surface area contributed by atoms with Crippen molar-refractivity contribution >= 4 is 40.0 Å². The van der Waals surface area contributed by atoms with Gasteiger partial charge in [0.2, 0.25) is 6.61 Å². The van der Waals surface area contributed by atoms with Gasteiger partial charge in [0.25, 0.3) is 11.8 Å². The number of β-lactam (4-membered cyclic amide) rings is 1. The van der Waals surface area contributed by atoms with Gasteiger partial charge < -0.3 is 20.2 Å². The van der Waals surface area contributed by atoms with E-state index in [-0.39, 0.29) is 11.4 Å². The van der Waals surface area contributed by atoms with E-state index in [0.29, 0.717) is 10.2 Å². The molecule has 0 spiro atoms. The molecule has 3 aromatic carbocycles. The number of hydrogen-bond donors (Lipinski definition) is 3. The van der Waals surface area contributed by atoms with Crippen LogP contribution in [0.25, 0.3) is 0 Å². The molecule has 0 bridgehead atoms. The molecule has 4 aromatic rings. The highest BCUT2D eigenvalue weighted by Crippen LogP contribution is 2.40. The van der Waals surface area contributed by atoms with E-state index in [1.165, 1.54) is 11.3 Å². The molecule has 2 heterocycles. The van der Waals surface area contributed by atoms with Gasteiger partial charge in [0.15, 0.2) is 10.8 Å². The van der Waals surface area contributed by atoms with Gasteiger partial charge in [0.05, 0.1) is 5.54 Å². The Balaban J connectivity index is 1.52. The van der Waals surface area contributed by atoms with Crippen molar-refractivity contribution in [2.24, 2.45) is 5.16 Å². The Morgan fingerprint density at radius 2 is 1.45 bits per heavy atom. The van der Waals surface area contributed by atoms with Gasteiger partial charge in [-0.3, -0.25) is 14.8 Å². The average molecular weight is 656 g/mol. The number of aromatic nitrogens is 1. The fourth-order valence-corrected chi connectivity index (χ4v) is 6.06. The summed E-state index contributed by atoms with van der Waals surface area (Å²) in [6.45, 7) is 7.82. The van der Waals surface area contributed by atoms with E-state index in [9.17, 15) is 19.6 Å². The van der Waals surface area contributed by atoms with Crippen LogP contribution < -0.4 is 10.6 Å². The highest BCUT2D eigenvalue weighted by molar-refractivity contribution is 7.14. The highest BCUT2D eigenvalue weighted by Gasteiger charge is 2.55. The smallest absolute Gasteiger partial charge is 0.347 e. The summed E-state index contributed by atoms with van der Waals surface area (Å²) in [6, 6.07) is 28.9. The number of benzene rings is 3. The number of thiazole rings is 1. The number of hydroxylamine groups is 2. The van der Waals surface area contributed by atoms with Crippen molar-refractivity contribution in [1.82, 2.24) is 15.4 Å². The minimum absolute atomic E-state index is 0.146. The van der Waals surface area contributed by atoms with Crippen LogP contribution >= 0.6 is 11.3 Å². The third kappa shape index (κ3) is 7.03. The van der Waals surface area contributed by atoms with E-state index in [0.717, 1.165) is 16.7 Å². The first kappa shape index (κ1) is 33.3. The van der Waals surface area contributed by atoms with Gasteiger partial charge in [-0.25, -0.2) is 14.8 Å². The lowest BCUT2D eigenvalue weighted by molar-refractivity contribution is -0.231. The molecule has 1 atom stereocenters. The predicted octanol–water partition coefficient (Wildman–Crippen LogP) is 5.10. The van der Waals surface area contributed by atoms with Gasteiger partial charge in [-0.15, -0.1) is 11.3 Å². The number of hydrogen-bond acceptors (Lipinski definition) is 10. The number of carbonyl (C=O) groups excluding carboxylic acids is 3. The molecule has 1 aromatic heterocycles. The van der Waals surface area contributed by atoms with Crippen molar-refractivity contribution in [2.75, 3.05) is 11.9 Å². The molecule has 0 radical (unpaired) electrons. The summed E-state index contributed by atoms with van der Waals surface area (Å²) in [5.74, 6) is -2.12. The standard InChI is InChI=1S/C35H37N5O6S/c1-33(2,3)46-27(41)21-45-39-28(30(42)37-29-31(43)40(44)34(29,4)5)26-22-47-32(36-26)38-35(23-15-9-6-10-16-23,24-17-11-7-12-18-24)25-19-13-8-14-20-25/h6-20,22,29,44H,21H2,1-5H3,(H,36,38)(H,37,42)/t29-/m1/s1. The fraction of sp³-hybridized carbons (Fsp3) is 0.286. The first-order valence-electron chi connectivity index (χ1n) is 15.0. The molecule has 0 aliphatic carbocycles. The SMILES string of the molecule is CC(C)(C)OC(=O)CON=C(C(=O)N[C@@H]1C(=O)N(O)C1(C)C)c1csc(NC(c2ccccc2)(c2ccccc2)c2ccccc2)n1. The van der Waals surface area contributed by atoms with Gasteiger partial charge in [-0.1, -0.05) is 96.2 Å². The Bertz CT molecular complexity index is 1660. The van der Waals surface area contributed by atoms with Crippen molar-refractivity contribution in [3.63, 3.8) is 0 Å². The van der Waals surface area contributed by atoms with Crippen molar-refractivity contribution in [3.05, 3.63) is 119 Å². The zero-order valence-corrected chi connectivity index (χ0v) is 27.6. The molecule has 5 rings (SSSR count). The monoisotopic (exact) mass is 655 g/mol. The first-order valence-corrected chi connectivity index (χ1v) is 15.9. The second-order valence-electron chi connectivity index (χ2n) is 12.5. The van der Waals surface area contributed by atoms with Crippen LogP contribution in [-0.4, -0.2) is 62.5 Å². The number of nitrogens with zero attached hydrogens (tertiary/aromatic N) is 3. The summed E-state index contributed by atoms with van der Waals surface area (Å²) in [7, 11) is 0. The normalized spacial score (nSPS) is 16.2. The van der Waals surface area contributed by atoms with E-state index in [1.807, 2.05) is 91.0 Å². The van der Waals surface area contributed by atoms with Crippen molar-refractivity contribution in [3.8, 4) is 0 Å². The second kappa shape index (κ2) is 13.3. The van der Waals surface area contributed by atoms with Gasteiger partial charge in [-0.2, -0.15) is 0 Å². The quantitative estimate of drug-likeness (QED) is 0.0506. The lowest BCUT2D eigenvalue weighted by Gasteiger charge is -2.49. The first-order chi connectivity index (χ1) is 22.3. The molecular formula is C35H37N5O6S.